The van der Waals surface area contributed by atoms with Crippen molar-refractivity contribution in [1.82, 2.24) is 4.57 Å². The lowest BCUT2D eigenvalue weighted by Gasteiger charge is -2.12. The van der Waals surface area contributed by atoms with E-state index in [0.717, 1.165) is 0 Å². The summed E-state index contributed by atoms with van der Waals surface area (Å²) < 4.78 is 12.0. The first-order chi connectivity index (χ1) is 11.4. The summed E-state index contributed by atoms with van der Waals surface area (Å²) >= 11 is 0. The molecule has 1 aromatic carbocycles. The minimum absolute atomic E-state index is 0.0632. The number of aromatic carboxylic acids is 1. The fourth-order valence-corrected chi connectivity index (χ4v) is 2.60. The smallest absolute Gasteiger partial charge is 0.337 e. The summed E-state index contributed by atoms with van der Waals surface area (Å²) in [7, 11) is 4.74. The number of hydrogen-bond donors (Lipinski definition) is 2. The molecule has 0 saturated heterocycles. The predicted molar refractivity (Wildman–Crippen MR) is 89.0 cm³/mol. The molecule has 1 amide bonds. The van der Waals surface area contributed by atoms with E-state index in [2.05, 4.69) is 5.32 Å². The van der Waals surface area contributed by atoms with Gasteiger partial charge in [0.25, 0.3) is 0 Å². The molecule has 0 unspecified atom stereocenters. The number of nitrogens with one attached hydrogen (secondary N) is 1. The first-order valence-corrected chi connectivity index (χ1v) is 7.27. The number of carbonyl (C=O) groups is 2. The average Bonchev–Trinajstić information content (AvgIpc) is 2.80. The van der Waals surface area contributed by atoms with Gasteiger partial charge in [0.1, 0.15) is 11.5 Å². The molecule has 1 aromatic heterocycles. The van der Waals surface area contributed by atoms with Crippen molar-refractivity contribution in [1.29, 1.82) is 0 Å². The van der Waals surface area contributed by atoms with Crippen LogP contribution in [0.25, 0.3) is 0 Å². The van der Waals surface area contributed by atoms with E-state index < -0.39 is 5.97 Å². The summed E-state index contributed by atoms with van der Waals surface area (Å²) in [6.45, 7) is 1.70. The van der Waals surface area contributed by atoms with Crippen molar-refractivity contribution >= 4 is 17.6 Å². The van der Waals surface area contributed by atoms with Gasteiger partial charge in [-0.25, -0.2) is 4.79 Å². The van der Waals surface area contributed by atoms with E-state index >= 15 is 0 Å². The second-order valence-corrected chi connectivity index (χ2v) is 5.34. The van der Waals surface area contributed by atoms with Gasteiger partial charge in [-0.05, 0) is 24.6 Å². The Morgan fingerprint density at radius 3 is 2.54 bits per heavy atom. The lowest BCUT2D eigenvalue weighted by atomic mass is 10.1. The molecule has 0 saturated carbocycles. The zero-order valence-electron chi connectivity index (χ0n) is 14.0. The minimum Gasteiger partial charge on any atom is -0.497 e. The van der Waals surface area contributed by atoms with Crippen LogP contribution in [0.5, 0.6) is 11.5 Å². The van der Waals surface area contributed by atoms with Crippen LogP contribution >= 0.6 is 0 Å². The predicted octanol–water partition coefficient (Wildman–Crippen LogP) is 2.23. The molecule has 0 bridgehead atoms. The highest BCUT2D eigenvalue weighted by Gasteiger charge is 2.20. The normalized spacial score (nSPS) is 10.3. The maximum absolute atomic E-state index is 12.4. The van der Waals surface area contributed by atoms with Gasteiger partial charge in [-0.15, -0.1) is 0 Å². The van der Waals surface area contributed by atoms with E-state index in [0.29, 0.717) is 28.4 Å². The first-order valence-electron chi connectivity index (χ1n) is 7.27. The van der Waals surface area contributed by atoms with Crippen LogP contribution in [0.15, 0.2) is 24.4 Å². The van der Waals surface area contributed by atoms with Crippen molar-refractivity contribution in [3.63, 3.8) is 0 Å². The molecule has 0 aliphatic carbocycles. The monoisotopic (exact) mass is 332 g/mol. The molecule has 2 rings (SSSR count). The Kier molecular flexibility index (Phi) is 5.13. The van der Waals surface area contributed by atoms with Crippen molar-refractivity contribution in [2.24, 2.45) is 7.05 Å². The Balaban J connectivity index is 2.25. The fraction of sp³-hybridized carbons (Fsp3) is 0.294. The first kappa shape index (κ1) is 17.4. The van der Waals surface area contributed by atoms with Gasteiger partial charge in [0, 0.05) is 25.0 Å². The Hall–Kier alpha value is -2.96. The largest absolute Gasteiger partial charge is 0.497 e. The number of aromatic nitrogens is 1. The molecule has 2 N–H and O–H groups in total. The van der Waals surface area contributed by atoms with Gasteiger partial charge in [-0.2, -0.15) is 0 Å². The number of aryl methyl sites for hydroxylation is 2. The van der Waals surface area contributed by atoms with Crippen molar-refractivity contribution in [2.45, 2.75) is 13.3 Å². The Morgan fingerprint density at radius 2 is 1.96 bits per heavy atom. The number of hydrogen-bond acceptors (Lipinski definition) is 4. The van der Waals surface area contributed by atoms with Crippen LogP contribution in [0, 0.1) is 6.92 Å². The van der Waals surface area contributed by atoms with E-state index in [9.17, 15) is 14.7 Å². The highest BCUT2D eigenvalue weighted by atomic mass is 16.5. The van der Waals surface area contributed by atoms with Gasteiger partial charge in [0.2, 0.25) is 5.91 Å². The molecule has 24 heavy (non-hydrogen) atoms. The molecule has 1 heterocycles. The van der Waals surface area contributed by atoms with Gasteiger partial charge in [-0.1, -0.05) is 0 Å². The molecule has 0 aliphatic heterocycles. The number of carboxylic acids is 1. The number of carboxylic acid groups (broad SMARTS) is 1. The number of benzene rings is 1. The topological polar surface area (TPSA) is 89.8 Å². The summed E-state index contributed by atoms with van der Waals surface area (Å²) in [5.41, 5.74) is 1.68. The number of ether oxygens (including phenoxy) is 2. The average molecular weight is 332 g/mol. The summed E-state index contributed by atoms with van der Waals surface area (Å²) in [6.07, 6.45) is 1.63. The van der Waals surface area contributed by atoms with E-state index in [1.54, 1.807) is 42.9 Å². The van der Waals surface area contributed by atoms with Crippen LogP contribution in [0.2, 0.25) is 0 Å². The van der Waals surface area contributed by atoms with Gasteiger partial charge >= 0.3 is 5.97 Å². The molecule has 2 aromatic rings. The second kappa shape index (κ2) is 7.08. The maximum atomic E-state index is 12.4. The van der Waals surface area contributed by atoms with Crippen molar-refractivity contribution < 1.29 is 24.2 Å². The summed E-state index contributed by atoms with van der Waals surface area (Å²) in [6, 6.07) is 5.05. The lowest BCUT2D eigenvalue weighted by Crippen LogP contribution is -2.18. The molecule has 7 nitrogen and oxygen atoms in total. The molecule has 0 fully saturated rings. The number of rotatable bonds is 6. The van der Waals surface area contributed by atoms with Gasteiger partial charge < -0.3 is 24.5 Å². The third kappa shape index (κ3) is 3.51. The number of anilines is 1. The van der Waals surface area contributed by atoms with Crippen molar-refractivity contribution in [3.05, 3.63) is 41.2 Å². The van der Waals surface area contributed by atoms with Crippen molar-refractivity contribution in [3.8, 4) is 11.5 Å². The van der Waals surface area contributed by atoms with Crippen molar-refractivity contribution in [2.75, 3.05) is 19.5 Å². The summed E-state index contributed by atoms with van der Waals surface area (Å²) in [5, 5.41) is 12.1. The van der Waals surface area contributed by atoms with E-state index in [4.69, 9.17) is 9.47 Å². The zero-order chi connectivity index (χ0) is 17.9. The Bertz CT molecular complexity index is 780. The SMILES string of the molecule is COc1ccc(OC)c(NC(=O)Cc2c(C(=O)O)c(C)cn2C)c1. The van der Waals surface area contributed by atoms with Crippen LogP contribution < -0.4 is 14.8 Å². The zero-order valence-corrected chi connectivity index (χ0v) is 14.0. The molecule has 0 aliphatic rings. The van der Waals surface area contributed by atoms with Crippen LogP contribution in [0.1, 0.15) is 21.6 Å². The number of methoxy groups -OCH3 is 2. The highest BCUT2D eigenvalue weighted by molar-refractivity contribution is 5.97. The maximum Gasteiger partial charge on any atom is 0.337 e. The van der Waals surface area contributed by atoms with Crippen LogP contribution in [0.4, 0.5) is 5.69 Å². The molecule has 0 radical (unpaired) electrons. The van der Waals surface area contributed by atoms with E-state index in [-0.39, 0.29) is 17.9 Å². The van der Waals surface area contributed by atoms with Crippen LogP contribution in [-0.2, 0) is 18.3 Å². The number of nitrogens with zero attached hydrogens (tertiary/aromatic N) is 1. The third-order valence-corrected chi connectivity index (χ3v) is 3.72. The number of amides is 1. The third-order valence-electron chi connectivity index (χ3n) is 3.72. The number of carbonyl (C=O) groups excluding carboxylic acids is 1. The quantitative estimate of drug-likeness (QED) is 0.847. The van der Waals surface area contributed by atoms with Crippen LogP contribution in [0.3, 0.4) is 0 Å². The molecule has 7 heteroatoms. The molecule has 0 spiro atoms. The molecule has 128 valence electrons. The minimum atomic E-state index is -1.05. The highest BCUT2D eigenvalue weighted by Crippen LogP contribution is 2.29. The van der Waals surface area contributed by atoms with E-state index in [1.165, 1.54) is 14.2 Å². The molecular formula is C17H20N2O5. The lowest BCUT2D eigenvalue weighted by molar-refractivity contribution is -0.115. The molecular weight excluding hydrogens is 312 g/mol. The summed E-state index contributed by atoms with van der Waals surface area (Å²) in [4.78, 5) is 23.8. The fourth-order valence-electron chi connectivity index (χ4n) is 2.60. The van der Waals surface area contributed by atoms with Crippen LogP contribution in [-0.4, -0.2) is 35.8 Å². The van der Waals surface area contributed by atoms with Gasteiger partial charge in [0.15, 0.2) is 0 Å². The summed E-state index contributed by atoms with van der Waals surface area (Å²) in [5.74, 6) is -0.321. The Morgan fingerprint density at radius 1 is 1.25 bits per heavy atom. The second-order valence-electron chi connectivity index (χ2n) is 5.34. The standard InChI is InChI=1S/C17H20N2O5/c1-10-9-19(2)13(16(10)17(21)22)8-15(20)18-12-7-11(23-3)5-6-14(12)24-4/h5-7,9H,8H2,1-4H3,(H,18,20)(H,21,22). The molecule has 0 atom stereocenters. The van der Waals surface area contributed by atoms with Gasteiger partial charge in [0.05, 0.1) is 31.9 Å². The van der Waals surface area contributed by atoms with Gasteiger partial charge in [-0.3, -0.25) is 4.79 Å². The van der Waals surface area contributed by atoms with E-state index in [1.807, 2.05) is 0 Å². The Labute approximate surface area is 139 Å².